The van der Waals surface area contributed by atoms with Crippen LogP contribution in [0.25, 0.3) is 10.6 Å². The molecule has 0 aliphatic heterocycles. The van der Waals surface area contributed by atoms with Gasteiger partial charge in [0.05, 0.1) is 29.4 Å². The first kappa shape index (κ1) is 27.6. The third kappa shape index (κ3) is 8.29. The van der Waals surface area contributed by atoms with Gasteiger partial charge in [0.2, 0.25) is 5.91 Å². The van der Waals surface area contributed by atoms with Crippen molar-refractivity contribution in [2.75, 3.05) is 11.8 Å². The van der Waals surface area contributed by atoms with Gasteiger partial charge in [0.25, 0.3) is 0 Å². The van der Waals surface area contributed by atoms with Gasteiger partial charge >= 0.3 is 16.4 Å². The number of methoxy groups -OCH3 is 1. The maximum Gasteiger partial charge on any atom is 0.407 e. The van der Waals surface area contributed by atoms with Gasteiger partial charge in [0, 0.05) is 5.38 Å². The zero-order chi connectivity index (χ0) is 26.3. The third-order valence-electron chi connectivity index (χ3n) is 5.05. The van der Waals surface area contributed by atoms with Crippen molar-refractivity contribution >= 4 is 50.7 Å². The van der Waals surface area contributed by atoms with E-state index in [9.17, 15) is 18.0 Å². The van der Waals surface area contributed by atoms with E-state index >= 15 is 0 Å². The molecule has 0 fully saturated rings. The van der Waals surface area contributed by atoms with Crippen LogP contribution in [0, 0.1) is 5.92 Å². The second-order valence-corrected chi connectivity index (χ2v) is 11.4. The standard InChI is InChI=1S/C23H28N4O6S3/c1-14(2)11-17(26-23(29)33-3)21(28)24-18(22-25-19(13-35-22)20-5-4-10-34-20)12-15-6-8-16(9-7-15)27-36(30,31)32/h4-10,13-14,17-18,27H,11-12H2,1-3H3,(H,24,28)(H,26,29)(H,30,31,32). The van der Waals surface area contributed by atoms with Crippen LogP contribution in [-0.2, 0) is 26.3 Å². The number of amides is 2. The lowest BCUT2D eigenvalue weighted by Crippen LogP contribution is -2.48. The predicted molar refractivity (Wildman–Crippen MR) is 140 cm³/mol. The summed E-state index contributed by atoms with van der Waals surface area (Å²) in [5, 5.41) is 10.2. The van der Waals surface area contributed by atoms with E-state index < -0.39 is 28.5 Å². The number of aromatic nitrogens is 1. The normalized spacial score (nSPS) is 13.1. The van der Waals surface area contributed by atoms with Crippen LogP contribution < -0.4 is 15.4 Å². The molecule has 2 unspecified atom stereocenters. The Morgan fingerprint density at radius 1 is 1.11 bits per heavy atom. The molecule has 2 amide bonds. The number of thiazole rings is 1. The maximum atomic E-state index is 13.2. The molecule has 3 rings (SSSR count). The highest BCUT2D eigenvalue weighted by Gasteiger charge is 2.27. The fraction of sp³-hybridized carbons (Fsp3) is 0.348. The van der Waals surface area contributed by atoms with Crippen molar-refractivity contribution in [3.8, 4) is 10.6 Å². The quantitative estimate of drug-likeness (QED) is 0.260. The number of alkyl carbamates (subject to hydrolysis) is 1. The van der Waals surface area contributed by atoms with E-state index in [1.54, 1.807) is 23.5 Å². The monoisotopic (exact) mass is 552 g/mol. The summed E-state index contributed by atoms with van der Waals surface area (Å²) >= 11 is 2.98. The van der Waals surface area contributed by atoms with E-state index in [1.165, 1.54) is 30.6 Å². The first-order chi connectivity index (χ1) is 17.0. The number of rotatable bonds is 11. The van der Waals surface area contributed by atoms with Crippen LogP contribution in [0.4, 0.5) is 10.5 Å². The molecule has 0 saturated carbocycles. The molecule has 194 valence electrons. The largest absolute Gasteiger partial charge is 0.453 e. The van der Waals surface area contributed by atoms with Gasteiger partial charge in [-0.05, 0) is 47.9 Å². The van der Waals surface area contributed by atoms with Crippen LogP contribution in [-0.4, -0.2) is 43.1 Å². The zero-order valence-corrected chi connectivity index (χ0v) is 22.4. The molecule has 1 aromatic carbocycles. The molecule has 0 radical (unpaired) electrons. The summed E-state index contributed by atoms with van der Waals surface area (Å²) in [6, 6.07) is 9.02. The number of benzene rings is 1. The molecule has 0 aliphatic rings. The van der Waals surface area contributed by atoms with Crippen LogP contribution >= 0.6 is 22.7 Å². The van der Waals surface area contributed by atoms with Gasteiger partial charge in [0.15, 0.2) is 0 Å². The smallest absolute Gasteiger partial charge is 0.407 e. The van der Waals surface area contributed by atoms with Gasteiger partial charge in [-0.15, -0.1) is 22.7 Å². The molecule has 0 bridgehead atoms. The highest BCUT2D eigenvalue weighted by Crippen LogP contribution is 2.30. The third-order valence-corrected chi connectivity index (χ3v) is 7.40. The van der Waals surface area contributed by atoms with Gasteiger partial charge in [-0.1, -0.05) is 32.0 Å². The highest BCUT2D eigenvalue weighted by atomic mass is 32.2. The Labute approximate surface area is 218 Å². The van der Waals surface area contributed by atoms with Crippen LogP contribution in [0.1, 0.15) is 36.9 Å². The van der Waals surface area contributed by atoms with Gasteiger partial charge in [-0.25, -0.2) is 9.78 Å². The Bertz CT molecular complexity index is 1260. The first-order valence-corrected chi connectivity index (χ1v) is 14.2. The lowest BCUT2D eigenvalue weighted by atomic mass is 10.0. The molecular formula is C23H28N4O6S3. The Morgan fingerprint density at radius 2 is 1.83 bits per heavy atom. The van der Waals surface area contributed by atoms with Gasteiger partial charge in [-0.2, -0.15) is 8.42 Å². The SMILES string of the molecule is COC(=O)NC(CC(C)C)C(=O)NC(Cc1ccc(NS(=O)(=O)O)cc1)c1nc(-c2cccs2)cs1. The lowest BCUT2D eigenvalue weighted by Gasteiger charge is -2.23. The van der Waals surface area contributed by atoms with E-state index in [1.807, 2.05) is 41.5 Å². The Morgan fingerprint density at radius 3 is 2.42 bits per heavy atom. The number of carbonyl (C=O) groups is 2. The number of thiophene rings is 1. The number of ether oxygens (including phenoxy) is 1. The Kier molecular flexibility index (Phi) is 9.43. The molecule has 3 aromatic rings. The lowest BCUT2D eigenvalue weighted by molar-refractivity contribution is -0.124. The van der Waals surface area contributed by atoms with Crippen molar-refractivity contribution in [1.29, 1.82) is 0 Å². The molecular weight excluding hydrogens is 524 g/mol. The van der Waals surface area contributed by atoms with Crippen LogP contribution in [0.3, 0.4) is 0 Å². The van der Waals surface area contributed by atoms with Crippen molar-refractivity contribution in [3.63, 3.8) is 0 Å². The average Bonchev–Trinajstić information content (AvgIpc) is 3.50. The minimum atomic E-state index is -4.38. The van der Waals surface area contributed by atoms with E-state index in [-0.39, 0.29) is 17.5 Å². The van der Waals surface area contributed by atoms with Crippen molar-refractivity contribution in [2.45, 2.75) is 38.8 Å². The second-order valence-electron chi connectivity index (χ2n) is 8.41. The number of hydrogen-bond acceptors (Lipinski definition) is 8. The Hall–Kier alpha value is -3.00. The molecule has 10 nitrogen and oxygen atoms in total. The van der Waals surface area contributed by atoms with E-state index in [4.69, 9.17) is 9.54 Å². The summed E-state index contributed by atoms with van der Waals surface area (Å²) in [6.45, 7) is 3.90. The number of hydrogen-bond donors (Lipinski definition) is 4. The summed E-state index contributed by atoms with van der Waals surface area (Å²) in [4.78, 5) is 30.8. The van der Waals surface area contributed by atoms with Crippen molar-refractivity contribution in [2.24, 2.45) is 5.92 Å². The van der Waals surface area contributed by atoms with E-state index in [0.717, 1.165) is 16.1 Å². The van der Waals surface area contributed by atoms with Crippen molar-refractivity contribution in [3.05, 3.63) is 57.7 Å². The second kappa shape index (κ2) is 12.3. The average molecular weight is 553 g/mol. The van der Waals surface area contributed by atoms with E-state index in [2.05, 4.69) is 15.4 Å². The maximum absolute atomic E-state index is 13.2. The summed E-state index contributed by atoms with van der Waals surface area (Å²) in [6.07, 6.45) is 0.0904. The molecule has 0 aliphatic carbocycles. The minimum Gasteiger partial charge on any atom is -0.453 e. The fourth-order valence-corrected chi connectivity index (χ4v) is 5.52. The molecule has 4 N–H and O–H groups in total. The molecule has 2 heterocycles. The van der Waals surface area contributed by atoms with Gasteiger partial charge < -0.3 is 15.4 Å². The van der Waals surface area contributed by atoms with Crippen LogP contribution in [0.15, 0.2) is 47.2 Å². The zero-order valence-electron chi connectivity index (χ0n) is 19.9. The summed E-state index contributed by atoms with van der Waals surface area (Å²) in [5.41, 5.74) is 1.81. The molecule has 36 heavy (non-hydrogen) atoms. The van der Waals surface area contributed by atoms with E-state index in [0.29, 0.717) is 17.8 Å². The topological polar surface area (TPSA) is 147 Å². The van der Waals surface area contributed by atoms with Crippen LogP contribution in [0.2, 0.25) is 0 Å². The number of nitrogens with zero attached hydrogens (tertiary/aromatic N) is 1. The van der Waals surface area contributed by atoms with Crippen molar-refractivity contribution < 1.29 is 27.3 Å². The number of carbonyl (C=O) groups excluding carboxylic acids is 2. The van der Waals surface area contributed by atoms with Crippen LogP contribution in [0.5, 0.6) is 0 Å². The highest BCUT2D eigenvalue weighted by molar-refractivity contribution is 7.87. The molecule has 13 heteroatoms. The number of nitrogens with one attached hydrogen (secondary N) is 3. The Balaban J connectivity index is 1.85. The first-order valence-electron chi connectivity index (χ1n) is 11.0. The summed E-state index contributed by atoms with van der Waals surface area (Å²) in [5.74, 6) is -0.221. The summed E-state index contributed by atoms with van der Waals surface area (Å²) < 4.78 is 37.8. The molecule has 0 saturated heterocycles. The number of anilines is 1. The summed E-state index contributed by atoms with van der Waals surface area (Å²) in [7, 11) is -3.14. The molecule has 2 aromatic heterocycles. The molecule has 2 atom stereocenters. The van der Waals surface area contributed by atoms with Gasteiger partial charge in [0.1, 0.15) is 11.0 Å². The predicted octanol–water partition coefficient (Wildman–Crippen LogP) is 4.26. The van der Waals surface area contributed by atoms with Gasteiger partial charge in [-0.3, -0.25) is 14.1 Å². The van der Waals surface area contributed by atoms with Crippen molar-refractivity contribution in [1.82, 2.24) is 15.6 Å². The molecule has 0 spiro atoms. The fourth-order valence-electron chi connectivity index (χ4n) is 3.46. The minimum absolute atomic E-state index is 0.143.